The first-order chi connectivity index (χ1) is 16.5. The highest BCUT2D eigenvalue weighted by molar-refractivity contribution is 6.34. The van der Waals surface area contributed by atoms with Crippen LogP contribution in [-0.2, 0) is 11.3 Å². The maximum Gasteiger partial charge on any atom is 0.225 e. The molecule has 0 aliphatic carbocycles. The predicted molar refractivity (Wildman–Crippen MR) is 146 cm³/mol. The second-order valence-electron chi connectivity index (χ2n) is 10.5. The van der Waals surface area contributed by atoms with Crippen LogP contribution in [0.5, 0.6) is 0 Å². The number of halogens is 2. The predicted octanol–water partition coefficient (Wildman–Crippen LogP) is 5.81. The number of nitrogens with zero attached hydrogens (tertiary/aromatic N) is 3. The summed E-state index contributed by atoms with van der Waals surface area (Å²) in [6.45, 7) is 8.09. The molecule has 4 rings (SSSR count). The molecule has 7 nitrogen and oxygen atoms in total. The van der Waals surface area contributed by atoms with Gasteiger partial charge in [-0.25, -0.2) is 4.98 Å². The summed E-state index contributed by atoms with van der Waals surface area (Å²) in [5.41, 5.74) is 3.94. The first-order valence-electron chi connectivity index (χ1n) is 12.0. The lowest BCUT2D eigenvalue weighted by Crippen LogP contribution is -2.37. The smallest absolute Gasteiger partial charge is 0.225 e. The number of amides is 1. The fraction of sp³-hybridized carbons (Fsp3) is 0.462. The molecule has 35 heavy (non-hydrogen) atoms. The van der Waals surface area contributed by atoms with Gasteiger partial charge in [0.15, 0.2) is 0 Å². The Morgan fingerprint density at radius 3 is 2.69 bits per heavy atom. The van der Waals surface area contributed by atoms with E-state index in [2.05, 4.69) is 50.6 Å². The number of nitrogens with one attached hydrogen (secondary N) is 3. The summed E-state index contributed by atoms with van der Waals surface area (Å²) in [4.78, 5) is 24.9. The minimum Gasteiger partial charge on any atom is -0.366 e. The van der Waals surface area contributed by atoms with Crippen LogP contribution in [0.25, 0.3) is 11.0 Å². The number of imidazole rings is 1. The monoisotopic (exact) mass is 516 g/mol. The average molecular weight is 518 g/mol. The van der Waals surface area contributed by atoms with Gasteiger partial charge in [0, 0.05) is 31.1 Å². The van der Waals surface area contributed by atoms with Crippen LogP contribution in [0.4, 0.5) is 17.3 Å². The molecule has 188 valence electrons. The summed E-state index contributed by atoms with van der Waals surface area (Å²) < 4.78 is 0. The van der Waals surface area contributed by atoms with Gasteiger partial charge in [-0.2, -0.15) is 0 Å². The van der Waals surface area contributed by atoms with E-state index in [9.17, 15) is 4.79 Å². The Morgan fingerprint density at radius 1 is 1.20 bits per heavy atom. The Hall–Kier alpha value is -2.48. The molecule has 1 aromatic heterocycles. The molecule has 0 radical (unpaired) electrons. The third-order valence-electron chi connectivity index (χ3n) is 6.23. The van der Waals surface area contributed by atoms with Gasteiger partial charge in [-0.3, -0.25) is 4.79 Å². The lowest BCUT2D eigenvalue weighted by atomic mass is 9.95. The highest BCUT2D eigenvalue weighted by Crippen LogP contribution is 2.36. The van der Waals surface area contributed by atoms with E-state index in [1.165, 1.54) is 0 Å². The van der Waals surface area contributed by atoms with Crippen LogP contribution < -0.4 is 15.5 Å². The van der Waals surface area contributed by atoms with Gasteiger partial charge in [-0.15, -0.1) is 0 Å². The van der Waals surface area contributed by atoms with Crippen LogP contribution >= 0.6 is 23.2 Å². The van der Waals surface area contributed by atoms with Crippen molar-refractivity contribution in [2.75, 3.05) is 37.4 Å². The molecule has 1 saturated heterocycles. The van der Waals surface area contributed by atoms with Crippen LogP contribution in [-0.4, -0.2) is 54.0 Å². The minimum absolute atomic E-state index is 0.00208. The zero-order valence-electron chi connectivity index (χ0n) is 21.0. The number of carbonyl (C=O) groups excluding carboxylic acids is 1. The highest BCUT2D eigenvalue weighted by Gasteiger charge is 2.27. The van der Waals surface area contributed by atoms with Gasteiger partial charge in [-0.1, -0.05) is 50.0 Å². The van der Waals surface area contributed by atoms with Gasteiger partial charge in [-0.05, 0) is 56.8 Å². The largest absolute Gasteiger partial charge is 0.366 e. The third-order valence-corrected chi connectivity index (χ3v) is 6.86. The van der Waals surface area contributed by atoms with E-state index >= 15 is 0 Å². The summed E-state index contributed by atoms with van der Waals surface area (Å²) in [5, 5.41) is 7.53. The molecule has 9 heteroatoms. The van der Waals surface area contributed by atoms with E-state index < -0.39 is 5.41 Å². The Balaban J connectivity index is 1.54. The number of fused-ring (bicyclic) bond motifs is 1. The molecule has 1 aliphatic heterocycles. The molecule has 0 bridgehead atoms. The van der Waals surface area contributed by atoms with Crippen molar-refractivity contribution < 1.29 is 4.79 Å². The zero-order chi connectivity index (χ0) is 25.3. The SMILES string of the molecule is CN(C)CC1CCCN1c1cc2[nH]c(Nc3cc(CNC(=O)C(C)(C)C)ccc3Cl)nc2cc1Cl. The molecule has 1 fully saturated rings. The lowest BCUT2D eigenvalue weighted by molar-refractivity contribution is -0.128. The van der Waals surface area contributed by atoms with E-state index in [4.69, 9.17) is 23.2 Å². The van der Waals surface area contributed by atoms with Gasteiger partial charge >= 0.3 is 0 Å². The summed E-state index contributed by atoms with van der Waals surface area (Å²) in [6.07, 6.45) is 2.32. The Kier molecular flexibility index (Phi) is 7.50. The second kappa shape index (κ2) is 10.2. The van der Waals surface area contributed by atoms with Crippen LogP contribution in [0.2, 0.25) is 10.0 Å². The minimum atomic E-state index is -0.441. The Bertz CT molecular complexity index is 1220. The standard InChI is InChI=1S/C26H34Cl2N6O/c1-26(2,3)24(35)29-14-16-8-9-18(27)20(11-16)30-25-31-21-12-19(28)23(13-22(21)32-25)34-10-6-7-17(34)15-33(4)5/h8-9,11-13,17H,6-7,10,14-15H2,1-5H3,(H,29,35)(H2,30,31,32). The number of hydrogen-bond acceptors (Lipinski definition) is 5. The quantitative estimate of drug-likeness (QED) is 0.369. The average Bonchev–Trinajstić information content (AvgIpc) is 3.38. The lowest BCUT2D eigenvalue weighted by Gasteiger charge is -2.29. The molecule has 0 saturated carbocycles. The number of aromatic amines is 1. The molecule has 3 N–H and O–H groups in total. The molecule has 2 heterocycles. The maximum atomic E-state index is 12.2. The van der Waals surface area contributed by atoms with Crippen molar-refractivity contribution in [1.82, 2.24) is 20.2 Å². The van der Waals surface area contributed by atoms with E-state index in [1.807, 2.05) is 45.0 Å². The van der Waals surface area contributed by atoms with Crippen molar-refractivity contribution >= 4 is 57.5 Å². The van der Waals surface area contributed by atoms with Crippen molar-refractivity contribution in [2.45, 2.75) is 46.2 Å². The number of aromatic nitrogens is 2. The number of hydrogen-bond donors (Lipinski definition) is 3. The summed E-state index contributed by atoms with van der Waals surface area (Å²) in [5.74, 6) is 0.579. The number of H-pyrrole nitrogens is 1. The summed E-state index contributed by atoms with van der Waals surface area (Å²) in [7, 11) is 4.21. The van der Waals surface area contributed by atoms with Crippen molar-refractivity contribution in [2.24, 2.45) is 5.41 Å². The third kappa shape index (κ3) is 6.02. The molecular weight excluding hydrogens is 483 g/mol. The van der Waals surface area contributed by atoms with Gasteiger partial charge in [0.1, 0.15) is 0 Å². The van der Waals surface area contributed by atoms with Crippen molar-refractivity contribution in [3.63, 3.8) is 0 Å². The fourth-order valence-corrected chi connectivity index (χ4v) is 4.85. The van der Waals surface area contributed by atoms with Gasteiger partial charge < -0.3 is 25.4 Å². The highest BCUT2D eigenvalue weighted by atomic mass is 35.5. The number of likely N-dealkylation sites (N-methyl/N-ethyl adjacent to an activating group) is 1. The first kappa shape index (κ1) is 25.6. The van der Waals surface area contributed by atoms with Crippen LogP contribution in [0.3, 0.4) is 0 Å². The topological polar surface area (TPSA) is 76.3 Å². The molecule has 1 amide bonds. The van der Waals surface area contributed by atoms with E-state index in [1.54, 1.807) is 0 Å². The van der Waals surface area contributed by atoms with Gasteiger partial charge in [0.25, 0.3) is 0 Å². The summed E-state index contributed by atoms with van der Waals surface area (Å²) >= 11 is 13.2. The number of carbonyl (C=O) groups is 1. The molecule has 1 atom stereocenters. The van der Waals surface area contributed by atoms with E-state index in [0.29, 0.717) is 34.3 Å². The maximum absolute atomic E-state index is 12.2. The normalized spacial score (nSPS) is 16.3. The van der Waals surface area contributed by atoms with Crippen molar-refractivity contribution in [3.05, 3.63) is 45.9 Å². The molecular formula is C26H34Cl2N6O. The van der Waals surface area contributed by atoms with E-state index in [0.717, 1.165) is 48.2 Å². The number of rotatable bonds is 7. The second-order valence-corrected chi connectivity index (χ2v) is 11.3. The fourth-order valence-electron chi connectivity index (χ4n) is 4.42. The zero-order valence-corrected chi connectivity index (χ0v) is 22.5. The Labute approximate surface area is 217 Å². The molecule has 1 unspecified atom stereocenters. The molecule has 0 spiro atoms. The first-order valence-corrected chi connectivity index (χ1v) is 12.7. The van der Waals surface area contributed by atoms with Crippen LogP contribution in [0, 0.1) is 5.41 Å². The van der Waals surface area contributed by atoms with Gasteiger partial charge in [0.2, 0.25) is 11.9 Å². The molecule has 2 aromatic carbocycles. The van der Waals surface area contributed by atoms with Crippen LogP contribution in [0.15, 0.2) is 30.3 Å². The van der Waals surface area contributed by atoms with Crippen LogP contribution in [0.1, 0.15) is 39.2 Å². The molecule has 1 aliphatic rings. The molecule has 3 aromatic rings. The van der Waals surface area contributed by atoms with E-state index in [-0.39, 0.29) is 5.91 Å². The van der Waals surface area contributed by atoms with Crippen molar-refractivity contribution in [1.29, 1.82) is 0 Å². The summed E-state index contributed by atoms with van der Waals surface area (Å²) in [6, 6.07) is 10.1. The van der Waals surface area contributed by atoms with Gasteiger partial charge in [0.05, 0.1) is 32.5 Å². The van der Waals surface area contributed by atoms with Crippen molar-refractivity contribution in [3.8, 4) is 0 Å². The Morgan fingerprint density at radius 2 is 1.97 bits per heavy atom. The number of anilines is 3. The number of benzene rings is 2.